The topological polar surface area (TPSA) is 60.2 Å². The van der Waals surface area contributed by atoms with Gasteiger partial charge in [0.2, 0.25) is 0 Å². The predicted molar refractivity (Wildman–Crippen MR) is 36.2 cm³/mol. The summed E-state index contributed by atoms with van der Waals surface area (Å²) >= 11 is 0. The molecule has 0 aliphatic rings. The summed E-state index contributed by atoms with van der Waals surface area (Å²) in [6.45, 7) is 0. The molecule has 0 unspecified atom stereocenters. The van der Waals surface area contributed by atoms with Crippen molar-refractivity contribution in [2.24, 2.45) is 5.14 Å². The van der Waals surface area contributed by atoms with E-state index in [-0.39, 0.29) is 51.4 Å². The summed E-state index contributed by atoms with van der Waals surface area (Å²) in [5, 5.41) is -2.85. The number of halogens is 7. The van der Waals surface area contributed by atoms with Gasteiger partial charge in [0.15, 0.2) is 0 Å². The fraction of sp³-hybridized carbons (Fsp3) is 1.00. The molecule has 0 amide bonds. The normalized spacial score (nSPS) is 14.7. The van der Waals surface area contributed by atoms with Crippen LogP contribution in [0.3, 0.4) is 0 Å². The van der Waals surface area contributed by atoms with Crippen LogP contribution in [-0.2, 0) is 10.0 Å². The van der Waals surface area contributed by atoms with E-state index in [2.05, 4.69) is 5.14 Å². The van der Waals surface area contributed by atoms with E-state index in [1.165, 1.54) is 0 Å². The summed E-state index contributed by atoms with van der Waals surface area (Å²) in [6.07, 6.45) is -6.71. The van der Waals surface area contributed by atoms with Crippen molar-refractivity contribution >= 4 is 61.4 Å². The van der Waals surface area contributed by atoms with Gasteiger partial charge < -0.3 is 0 Å². The van der Waals surface area contributed by atoms with Crippen molar-refractivity contribution in [1.82, 2.24) is 0 Å². The molecule has 0 aromatic heterocycles. The molecule has 0 radical (unpaired) electrons. The standard InChI is InChI=1S/C3H2F7NO2S.K.H/c4-1(5,2(6,7)8)3(9,10)14(11,12)13;;/h(H2,11,12,13);;. The first-order chi connectivity index (χ1) is 5.75. The van der Waals surface area contributed by atoms with Gasteiger partial charge in [-0.15, -0.1) is 0 Å². The zero-order valence-electron chi connectivity index (χ0n) is 5.95. The molecule has 0 atom stereocenters. The van der Waals surface area contributed by atoms with Gasteiger partial charge in [0.25, 0.3) is 10.0 Å². The van der Waals surface area contributed by atoms with Crippen molar-refractivity contribution in [2.45, 2.75) is 17.4 Å². The number of alkyl halides is 7. The Balaban J connectivity index is 0. The van der Waals surface area contributed by atoms with Crippen LogP contribution in [-0.4, -0.2) is 77.2 Å². The molecule has 0 aliphatic carbocycles. The minimum absolute atomic E-state index is 0. The molecular weight excluding hydrogens is 286 g/mol. The fourth-order valence-corrected chi connectivity index (χ4v) is 0.817. The number of rotatable bonds is 2. The average molecular weight is 289 g/mol. The fourth-order valence-electron chi connectivity index (χ4n) is 0.344. The van der Waals surface area contributed by atoms with Gasteiger partial charge in [-0.2, -0.15) is 30.7 Å². The zero-order valence-corrected chi connectivity index (χ0v) is 6.76. The SMILES string of the molecule is NS(=O)(=O)C(F)(F)C(F)(F)C(F)(F)F.[KH]. The van der Waals surface area contributed by atoms with E-state index in [1.54, 1.807) is 0 Å². The quantitative estimate of drug-likeness (QED) is 0.591. The Labute approximate surface area is 122 Å². The Bertz CT molecular complexity index is 322. The molecule has 15 heavy (non-hydrogen) atoms. The van der Waals surface area contributed by atoms with Gasteiger partial charge in [0.1, 0.15) is 0 Å². The van der Waals surface area contributed by atoms with Crippen molar-refractivity contribution in [3.63, 3.8) is 0 Å². The van der Waals surface area contributed by atoms with Crippen LogP contribution < -0.4 is 5.14 Å². The second kappa shape index (κ2) is 4.74. The molecule has 0 bridgehead atoms. The molecule has 2 N–H and O–H groups in total. The third kappa shape index (κ3) is 3.26. The van der Waals surface area contributed by atoms with Crippen LogP contribution in [0.4, 0.5) is 30.7 Å². The molecule has 0 rings (SSSR count). The van der Waals surface area contributed by atoms with Crippen molar-refractivity contribution in [3.05, 3.63) is 0 Å². The van der Waals surface area contributed by atoms with Crippen LogP contribution in [0.1, 0.15) is 0 Å². The first kappa shape index (κ1) is 18.4. The number of hydrogen-bond acceptors (Lipinski definition) is 2. The molecule has 12 heteroatoms. The molecule has 3 nitrogen and oxygen atoms in total. The summed E-state index contributed by atoms with van der Waals surface area (Å²) < 4.78 is 101. The van der Waals surface area contributed by atoms with Crippen molar-refractivity contribution in [3.8, 4) is 0 Å². The second-order valence-corrected chi connectivity index (χ2v) is 3.74. The van der Waals surface area contributed by atoms with E-state index in [1.807, 2.05) is 0 Å². The molecule has 0 aromatic carbocycles. The predicted octanol–water partition coefficient (Wildman–Crippen LogP) is 0.417. The Morgan fingerprint density at radius 2 is 1.13 bits per heavy atom. The van der Waals surface area contributed by atoms with E-state index in [9.17, 15) is 39.2 Å². The zero-order chi connectivity index (χ0) is 12.0. The number of sulfonamides is 1. The van der Waals surface area contributed by atoms with Crippen LogP contribution in [0, 0.1) is 0 Å². The number of hydrogen-bond donors (Lipinski definition) is 1. The molecule has 0 aromatic rings. The van der Waals surface area contributed by atoms with Gasteiger partial charge >= 0.3 is 68.7 Å². The van der Waals surface area contributed by atoms with E-state index >= 15 is 0 Å². The van der Waals surface area contributed by atoms with E-state index in [4.69, 9.17) is 0 Å². The maximum absolute atomic E-state index is 12.0. The monoisotopic (exact) mass is 289 g/mol. The summed E-state index contributed by atoms with van der Waals surface area (Å²) in [5.41, 5.74) is 0. The Morgan fingerprint density at radius 3 is 1.20 bits per heavy atom. The third-order valence-electron chi connectivity index (χ3n) is 1.08. The average Bonchev–Trinajstić information content (AvgIpc) is 1.81. The molecule has 0 saturated carbocycles. The molecule has 88 valence electrons. The van der Waals surface area contributed by atoms with Crippen LogP contribution >= 0.6 is 0 Å². The van der Waals surface area contributed by atoms with Crippen molar-refractivity contribution in [2.75, 3.05) is 0 Å². The van der Waals surface area contributed by atoms with Gasteiger partial charge in [0.05, 0.1) is 0 Å². The van der Waals surface area contributed by atoms with Gasteiger partial charge in [0, 0.05) is 0 Å². The molecule has 0 aliphatic heterocycles. The van der Waals surface area contributed by atoms with E-state index in [0.29, 0.717) is 0 Å². The molecule has 0 saturated heterocycles. The maximum atomic E-state index is 12.0. The minimum atomic E-state index is -6.73. The van der Waals surface area contributed by atoms with Crippen LogP contribution in [0.25, 0.3) is 0 Å². The van der Waals surface area contributed by atoms with E-state index < -0.39 is 27.4 Å². The van der Waals surface area contributed by atoms with Crippen molar-refractivity contribution in [1.29, 1.82) is 0 Å². The molecule has 0 heterocycles. The van der Waals surface area contributed by atoms with Crippen LogP contribution in [0.5, 0.6) is 0 Å². The Hall–Kier alpha value is 1.06. The molecule has 0 spiro atoms. The Morgan fingerprint density at radius 1 is 0.867 bits per heavy atom. The van der Waals surface area contributed by atoms with E-state index in [0.717, 1.165) is 0 Å². The summed E-state index contributed by atoms with van der Waals surface area (Å²) in [4.78, 5) is 0. The van der Waals surface area contributed by atoms with Gasteiger partial charge in [-0.25, -0.2) is 13.6 Å². The number of nitrogens with two attached hydrogens (primary N) is 1. The first-order valence-corrected chi connectivity index (χ1v) is 4.14. The summed E-state index contributed by atoms with van der Waals surface area (Å²) in [6, 6.07) is 0. The van der Waals surface area contributed by atoms with Gasteiger partial charge in [-0.05, 0) is 0 Å². The molecule has 0 fully saturated rings. The van der Waals surface area contributed by atoms with Crippen LogP contribution in [0.2, 0.25) is 0 Å². The van der Waals surface area contributed by atoms with Gasteiger partial charge in [-0.3, -0.25) is 0 Å². The van der Waals surface area contributed by atoms with Crippen LogP contribution in [0.15, 0.2) is 0 Å². The summed E-state index contributed by atoms with van der Waals surface area (Å²) in [5.74, 6) is -6.73. The summed E-state index contributed by atoms with van der Waals surface area (Å²) in [7, 11) is -6.35. The second-order valence-electron chi connectivity index (χ2n) is 2.13. The first-order valence-electron chi connectivity index (χ1n) is 2.60. The van der Waals surface area contributed by atoms with Gasteiger partial charge in [-0.1, -0.05) is 0 Å². The third-order valence-corrected chi connectivity index (χ3v) is 2.05. The molecular formula is C3H3F7KNO2S. The number of primary sulfonamides is 1. The van der Waals surface area contributed by atoms with Crippen molar-refractivity contribution < 1.29 is 39.2 Å². The Kier molecular flexibility index (Phi) is 5.82.